The van der Waals surface area contributed by atoms with Crippen LogP contribution in [0.3, 0.4) is 0 Å². The fraction of sp³-hybridized carbons (Fsp3) is 1.00. The third-order valence-electron chi connectivity index (χ3n) is 3.28. The Hall–Kier alpha value is -0.0701. The zero-order chi connectivity index (χ0) is 11.1. The van der Waals surface area contributed by atoms with Gasteiger partial charge in [-0.25, -0.2) is 0 Å². The second-order valence-corrected chi connectivity index (χ2v) is 4.39. The van der Waals surface area contributed by atoms with Gasteiger partial charge in [0, 0.05) is 0 Å². The summed E-state index contributed by atoms with van der Waals surface area (Å²) in [7, 11) is -0.300. The number of fused-ring (bicyclic) bond motifs is 5. The quantitative estimate of drug-likeness (QED) is 0.643. The lowest BCUT2D eigenvalue weighted by molar-refractivity contribution is -0.101. The molecule has 3 aliphatic rings. The summed E-state index contributed by atoms with van der Waals surface area (Å²) in [6, 6.07) is 0. The highest BCUT2D eigenvalue weighted by molar-refractivity contribution is 6.45. The van der Waals surface area contributed by atoms with Crippen molar-refractivity contribution in [1.29, 1.82) is 0 Å². The minimum Gasteiger partial charge on any atom is -0.408 e. The van der Waals surface area contributed by atoms with Gasteiger partial charge in [0.1, 0.15) is 18.3 Å². The lowest BCUT2D eigenvalue weighted by atomic mass is 9.85. The fourth-order valence-electron chi connectivity index (χ4n) is 2.42. The van der Waals surface area contributed by atoms with Crippen LogP contribution in [0.4, 0.5) is 0 Å². The molecule has 3 saturated heterocycles. The molecule has 0 aromatic rings. The van der Waals surface area contributed by atoms with Gasteiger partial charge in [0.05, 0.1) is 6.61 Å². The largest absolute Gasteiger partial charge is 0.458 e. The molecule has 16 heavy (non-hydrogen) atoms. The molecule has 5 nitrogen and oxygen atoms in total. The highest BCUT2D eigenvalue weighted by Gasteiger charge is 2.56. The average molecular weight is 226 g/mol. The molecule has 0 aromatic carbocycles. The van der Waals surface area contributed by atoms with E-state index in [0.29, 0.717) is 6.61 Å². The van der Waals surface area contributed by atoms with E-state index in [2.05, 4.69) is 0 Å². The van der Waals surface area contributed by atoms with Crippen LogP contribution in [0.2, 0.25) is 12.6 Å². The Kier molecular flexibility index (Phi) is 2.97. The topological polar surface area (TPSA) is 46.2 Å². The summed E-state index contributed by atoms with van der Waals surface area (Å²) in [6.45, 7) is 4.60. The molecule has 0 N–H and O–H groups in total. The van der Waals surface area contributed by atoms with E-state index in [1.54, 1.807) is 0 Å². The van der Waals surface area contributed by atoms with Gasteiger partial charge in [0.2, 0.25) is 0 Å². The minimum absolute atomic E-state index is 0.0345. The molecule has 2 bridgehead atoms. The van der Waals surface area contributed by atoms with Crippen molar-refractivity contribution in [2.24, 2.45) is 0 Å². The summed E-state index contributed by atoms with van der Waals surface area (Å²) in [5.74, 6) is 0. The van der Waals surface area contributed by atoms with Crippen molar-refractivity contribution in [3.63, 3.8) is 0 Å². The van der Waals surface area contributed by atoms with E-state index in [0.717, 1.165) is 12.6 Å². The highest BCUT2D eigenvalue weighted by Crippen LogP contribution is 2.36. The van der Waals surface area contributed by atoms with Crippen LogP contribution in [0, 0.1) is 0 Å². The van der Waals surface area contributed by atoms with Gasteiger partial charge in [-0.2, -0.15) is 0 Å². The molecule has 88 valence electrons. The second-order valence-electron chi connectivity index (χ2n) is 4.39. The van der Waals surface area contributed by atoms with Crippen LogP contribution in [0.15, 0.2) is 0 Å². The Morgan fingerprint density at radius 1 is 1.00 bits per heavy atom. The van der Waals surface area contributed by atoms with Crippen LogP contribution in [0.25, 0.3) is 0 Å². The molecule has 3 fully saturated rings. The normalized spacial score (nSPS) is 42.4. The molecule has 0 radical (unpaired) electrons. The SMILES string of the molecule is CCB1OCC2OC(O1)C1OB(CC)OC21. The maximum atomic E-state index is 5.77. The van der Waals surface area contributed by atoms with Gasteiger partial charge in [0.25, 0.3) is 0 Å². The Morgan fingerprint density at radius 2 is 1.75 bits per heavy atom. The predicted molar refractivity (Wildman–Crippen MR) is 57.9 cm³/mol. The summed E-state index contributed by atoms with van der Waals surface area (Å²) in [5, 5.41) is 0. The Bertz CT molecular complexity index is 266. The molecular formula is C9H16B2O5. The van der Waals surface area contributed by atoms with Crippen molar-refractivity contribution in [1.82, 2.24) is 0 Å². The molecule has 0 saturated carbocycles. The van der Waals surface area contributed by atoms with E-state index in [1.807, 2.05) is 13.8 Å². The molecule has 0 spiro atoms. The molecule has 0 aromatic heterocycles. The van der Waals surface area contributed by atoms with Crippen LogP contribution in [-0.2, 0) is 23.4 Å². The average Bonchev–Trinajstić information content (AvgIpc) is 2.75. The van der Waals surface area contributed by atoms with Crippen molar-refractivity contribution in [3.8, 4) is 0 Å². The third kappa shape index (κ3) is 1.71. The first kappa shape index (κ1) is 11.0. The van der Waals surface area contributed by atoms with Crippen LogP contribution in [0.5, 0.6) is 0 Å². The van der Waals surface area contributed by atoms with Crippen LogP contribution in [-0.4, -0.2) is 45.4 Å². The summed E-state index contributed by atoms with van der Waals surface area (Å²) >= 11 is 0. The first-order valence-corrected chi connectivity index (χ1v) is 6.05. The van der Waals surface area contributed by atoms with Crippen molar-refractivity contribution in [2.45, 2.75) is 51.1 Å². The van der Waals surface area contributed by atoms with Gasteiger partial charge in [0.15, 0.2) is 6.29 Å². The van der Waals surface area contributed by atoms with Crippen LogP contribution in [0.1, 0.15) is 13.8 Å². The molecule has 3 rings (SSSR count). The third-order valence-corrected chi connectivity index (χ3v) is 3.28. The molecule has 0 aliphatic carbocycles. The minimum atomic E-state index is -0.334. The molecule has 3 heterocycles. The monoisotopic (exact) mass is 226 g/mol. The van der Waals surface area contributed by atoms with E-state index < -0.39 is 0 Å². The van der Waals surface area contributed by atoms with Crippen LogP contribution >= 0.6 is 0 Å². The zero-order valence-corrected chi connectivity index (χ0v) is 9.63. The molecule has 4 unspecified atom stereocenters. The number of hydrogen-bond donors (Lipinski definition) is 0. The number of hydrogen-bond acceptors (Lipinski definition) is 5. The van der Waals surface area contributed by atoms with Gasteiger partial charge < -0.3 is 23.4 Å². The van der Waals surface area contributed by atoms with Crippen molar-refractivity contribution in [2.75, 3.05) is 6.61 Å². The maximum Gasteiger partial charge on any atom is 0.458 e. The Morgan fingerprint density at radius 3 is 2.50 bits per heavy atom. The van der Waals surface area contributed by atoms with Gasteiger partial charge in [-0.3, -0.25) is 0 Å². The highest BCUT2D eigenvalue weighted by atomic mass is 16.8. The summed E-state index contributed by atoms with van der Waals surface area (Å²) in [5.41, 5.74) is 0. The second kappa shape index (κ2) is 4.31. The van der Waals surface area contributed by atoms with E-state index in [9.17, 15) is 0 Å². The summed E-state index contributed by atoms with van der Waals surface area (Å²) in [6.07, 6.45) is 1.16. The molecule has 3 aliphatic heterocycles. The lowest BCUT2D eigenvalue weighted by Gasteiger charge is -2.21. The summed E-state index contributed by atoms with van der Waals surface area (Å²) in [4.78, 5) is 0. The van der Waals surface area contributed by atoms with E-state index in [-0.39, 0.29) is 38.8 Å². The lowest BCUT2D eigenvalue weighted by Crippen LogP contribution is -2.40. The number of rotatable bonds is 2. The molecular weight excluding hydrogens is 210 g/mol. The first-order chi connectivity index (χ1) is 7.81. The predicted octanol–water partition coefficient (Wildman–Crippen LogP) is 0.558. The van der Waals surface area contributed by atoms with Crippen molar-refractivity contribution in [3.05, 3.63) is 0 Å². The maximum absolute atomic E-state index is 5.77. The van der Waals surface area contributed by atoms with Gasteiger partial charge in [-0.15, -0.1) is 0 Å². The van der Waals surface area contributed by atoms with E-state index in [4.69, 9.17) is 23.4 Å². The smallest absolute Gasteiger partial charge is 0.408 e. The number of ether oxygens (including phenoxy) is 1. The Labute approximate surface area is 96.0 Å². The standard InChI is InChI=1S/C9H16B2O5/c1-3-10-12-5-6-7-8(9(13-6)16-10)15-11(4-2)14-7/h6-9H,3-5H2,1-2H3. The Balaban J connectivity index is 1.73. The molecule has 4 atom stereocenters. The zero-order valence-electron chi connectivity index (χ0n) is 9.63. The molecule has 7 heteroatoms. The van der Waals surface area contributed by atoms with Gasteiger partial charge >= 0.3 is 14.2 Å². The fourth-order valence-corrected chi connectivity index (χ4v) is 2.42. The first-order valence-electron chi connectivity index (χ1n) is 6.05. The summed E-state index contributed by atoms with van der Waals surface area (Å²) < 4.78 is 28.5. The van der Waals surface area contributed by atoms with Crippen molar-refractivity contribution < 1.29 is 23.4 Å². The van der Waals surface area contributed by atoms with E-state index >= 15 is 0 Å². The van der Waals surface area contributed by atoms with Gasteiger partial charge in [-0.1, -0.05) is 13.8 Å². The van der Waals surface area contributed by atoms with Crippen molar-refractivity contribution >= 4 is 14.2 Å². The van der Waals surface area contributed by atoms with Crippen LogP contribution < -0.4 is 0 Å². The van der Waals surface area contributed by atoms with Gasteiger partial charge in [-0.05, 0) is 12.6 Å². The van der Waals surface area contributed by atoms with E-state index in [1.165, 1.54) is 0 Å². The molecule has 0 amide bonds.